The normalized spacial score (nSPS) is 10.9. The van der Waals surface area contributed by atoms with E-state index in [-0.39, 0.29) is 29.2 Å². The fourth-order valence-electron chi connectivity index (χ4n) is 2.91. The molecular weight excluding hydrogens is 456 g/mol. The summed E-state index contributed by atoms with van der Waals surface area (Å²) in [6.07, 6.45) is 0. The first kappa shape index (κ1) is 21.5. The average molecular weight is 470 g/mol. The van der Waals surface area contributed by atoms with Crippen LogP contribution in [0.25, 0.3) is 11.0 Å². The molecule has 32 heavy (non-hydrogen) atoms. The van der Waals surface area contributed by atoms with Crippen molar-refractivity contribution in [3.63, 3.8) is 0 Å². The molecular formula is C21H14N2O7S2. The van der Waals surface area contributed by atoms with E-state index in [9.17, 15) is 24.8 Å². The van der Waals surface area contributed by atoms with Crippen LogP contribution < -0.4 is 5.63 Å². The topological polar surface area (TPSA) is 133 Å². The third-order valence-electron chi connectivity index (χ3n) is 4.36. The number of benzene rings is 2. The highest BCUT2D eigenvalue weighted by atomic mass is 32.2. The molecule has 162 valence electrons. The Morgan fingerprint density at radius 1 is 1.28 bits per heavy atom. The van der Waals surface area contributed by atoms with Crippen LogP contribution in [0.2, 0.25) is 0 Å². The molecule has 9 nitrogen and oxygen atoms in total. The maximum absolute atomic E-state index is 12.5. The lowest BCUT2D eigenvalue weighted by Gasteiger charge is -2.08. The van der Waals surface area contributed by atoms with Crippen molar-refractivity contribution in [2.45, 2.75) is 22.8 Å². The van der Waals surface area contributed by atoms with Crippen LogP contribution in [0.4, 0.5) is 5.69 Å². The molecule has 0 radical (unpaired) electrons. The van der Waals surface area contributed by atoms with Crippen LogP contribution in [-0.4, -0.2) is 21.0 Å². The molecule has 4 aromatic rings. The number of nitrogens with zero attached hydrogens (tertiary/aromatic N) is 2. The fourth-order valence-corrected chi connectivity index (χ4v) is 4.79. The number of aromatic nitrogens is 1. The van der Waals surface area contributed by atoms with Gasteiger partial charge in [0.2, 0.25) is 0 Å². The molecule has 0 unspecified atom stereocenters. The van der Waals surface area contributed by atoms with Crippen molar-refractivity contribution in [2.75, 3.05) is 0 Å². The van der Waals surface area contributed by atoms with Crippen LogP contribution in [0.15, 0.2) is 66.3 Å². The Kier molecular flexibility index (Phi) is 5.93. The maximum atomic E-state index is 12.5. The number of aromatic hydroxyl groups is 1. The number of carbonyl (C=O) groups is 1. The lowest BCUT2D eigenvalue weighted by atomic mass is 10.1. The summed E-state index contributed by atoms with van der Waals surface area (Å²) in [5.74, 6) is -0.858. The molecule has 0 amide bonds. The summed E-state index contributed by atoms with van der Waals surface area (Å²) in [4.78, 5) is 39.9. The molecule has 0 aliphatic carbocycles. The fraction of sp³-hybridized carbons (Fsp3) is 0.0952. The monoisotopic (exact) mass is 470 g/mol. The van der Waals surface area contributed by atoms with Gasteiger partial charge in [0.25, 0.3) is 5.69 Å². The molecule has 1 N–H and O–H groups in total. The van der Waals surface area contributed by atoms with Gasteiger partial charge in [0, 0.05) is 40.2 Å². The van der Waals surface area contributed by atoms with Crippen molar-refractivity contribution < 1.29 is 24.0 Å². The Balaban J connectivity index is 1.56. The van der Waals surface area contributed by atoms with Gasteiger partial charge in [0.15, 0.2) is 4.34 Å². The Labute approximate surface area is 188 Å². The van der Waals surface area contributed by atoms with Crippen LogP contribution >= 0.6 is 23.1 Å². The standard InChI is InChI=1S/C21H14N2O7S2/c1-11-10-31-21(22-11)32-18-5-2-12(6-16(18)23(27)28)20(26)29-9-13-7-19(25)30-17-8-14(24)3-4-15(13)17/h2-8,10,24H,9H2,1H3. The van der Waals surface area contributed by atoms with E-state index in [0.29, 0.717) is 20.2 Å². The predicted molar refractivity (Wildman–Crippen MR) is 117 cm³/mol. The molecule has 0 bridgehead atoms. The largest absolute Gasteiger partial charge is 0.508 e. The van der Waals surface area contributed by atoms with Gasteiger partial charge in [-0.15, -0.1) is 11.3 Å². The van der Waals surface area contributed by atoms with Gasteiger partial charge in [-0.1, -0.05) is 11.8 Å². The summed E-state index contributed by atoms with van der Waals surface area (Å²) >= 11 is 2.52. The zero-order chi connectivity index (χ0) is 22.8. The van der Waals surface area contributed by atoms with E-state index >= 15 is 0 Å². The summed E-state index contributed by atoms with van der Waals surface area (Å²) in [6, 6.07) is 9.49. The number of nitro benzene ring substituents is 1. The number of esters is 1. The number of phenolic OH excluding ortho intramolecular Hbond substituents is 1. The second-order valence-electron chi connectivity index (χ2n) is 6.64. The summed E-state index contributed by atoms with van der Waals surface area (Å²) < 4.78 is 11.0. The van der Waals surface area contributed by atoms with E-state index in [1.54, 1.807) is 0 Å². The first-order valence-corrected chi connectivity index (χ1v) is 10.8. The highest BCUT2D eigenvalue weighted by Crippen LogP contribution is 2.37. The first-order chi connectivity index (χ1) is 15.3. The zero-order valence-electron chi connectivity index (χ0n) is 16.4. The highest BCUT2D eigenvalue weighted by Gasteiger charge is 2.20. The second-order valence-corrected chi connectivity index (χ2v) is 8.79. The summed E-state index contributed by atoms with van der Waals surface area (Å²) in [6.45, 7) is 1.57. The van der Waals surface area contributed by atoms with E-state index in [1.807, 2.05) is 12.3 Å². The lowest BCUT2D eigenvalue weighted by Crippen LogP contribution is -2.08. The van der Waals surface area contributed by atoms with Crippen LogP contribution in [0.5, 0.6) is 5.75 Å². The Hall–Kier alpha value is -3.70. The molecule has 0 atom stereocenters. The molecule has 2 aromatic carbocycles. The van der Waals surface area contributed by atoms with Gasteiger partial charge in [-0.05, 0) is 31.2 Å². The number of carbonyl (C=O) groups excluding carboxylic acids is 1. The minimum Gasteiger partial charge on any atom is -0.508 e. The minimum absolute atomic E-state index is 0.00119. The molecule has 2 heterocycles. The maximum Gasteiger partial charge on any atom is 0.338 e. The molecule has 0 fully saturated rings. The van der Waals surface area contributed by atoms with Crippen LogP contribution in [0.1, 0.15) is 21.6 Å². The molecule has 0 aliphatic rings. The molecule has 0 aliphatic heterocycles. The van der Waals surface area contributed by atoms with Crippen LogP contribution in [0, 0.1) is 17.0 Å². The average Bonchev–Trinajstić information content (AvgIpc) is 3.16. The van der Waals surface area contributed by atoms with Gasteiger partial charge < -0.3 is 14.3 Å². The summed E-state index contributed by atoms with van der Waals surface area (Å²) in [5.41, 5.74) is 0.449. The van der Waals surface area contributed by atoms with Gasteiger partial charge in [-0.2, -0.15) is 0 Å². The molecule has 0 spiro atoms. The lowest BCUT2D eigenvalue weighted by molar-refractivity contribution is -0.387. The van der Waals surface area contributed by atoms with Crippen molar-refractivity contribution in [1.82, 2.24) is 4.98 Å². The van der Waals surface area contributed by atoms with Crippen molar-refractivity contribution in [3.8, 4) is 5.75 Å². The molecule has 0 saturated carbocycles. The number of hydrogen-bond donors (Lipinski definition) is 1. The third kappa shape index (κ3) is 4.63. The van der Waals surface area contributed by atoms with E-state index in [4.69, 9.17) is 9.15 Å². The van der Waals surface area contributed by atoms with Gasteiger partial charge in [0.1, 0.15) is 17.9 Å². The van der Waals surface area contributed by atoms with Gasteiger partial charge >= 0.3 is 11.6 Å². The van der Waals surface area contributed by atoms with Crippen molar-refractivity contribution in [3.05, 3.63) is 85.2 Å². The van der Waals surface area contributed by atoms with Gasteiger partial charge in [0.05, 0.1) is 15.4 Å². The number of thiazole rings is 1. The third-order valence-corrected chi connectivity index (χ3v) is 6.48. The number of ether oxygens (including phenoxy) is 1. The zero-order valence-corrected chi connectivity index (χ0v) is 18.1. The van der Waals surface area contributed by atoms with Gasteiger partial charge in [-0.25, -0.2) is 14.6 Å². The van der Waals surface area contributed by atoms with E-state index in [1.165, 1.54) is 47.7 Å². The predicted octanol–water partition coefficient (Wildman–Crippen LogP) is 4.68. The Morgan fingerprint density at radius 2 is 2.09 bits per heavy atom. The smallest absolute Gasteiger partial charge is 0.338 e. The van der Waals surface area contributed by atoms with E-state index in [0.717, 1.165) is 23.5 Å². The summed E-state index contributed by atoms with van der Waals surface area (Å²) in [5, 5.41) is 23.4. The second kappa shape index (κ2) is 8.81. The van der Waals surface area contributed by atoms with E-state index in [2.05, 4.69) is 4.98 Å². The SMILES string of the molecule is Cc1csc(Sc2ccc(C(=O)OCc3cc(=O)oc4cc(O)ccc34)cc2[N+](=O)[O-])n1. The minimum atomic E-state index is -0.782. The Bertz CT molecular complexity index is 1410. The molecule has 0 saturated heterocycles. The molecule has 4 rings (SSSR count). The molecule has 2 aromatic heterocycles. The number of aryl methyl sites for hydroxylation is 1. The quantitative estimate of drug-likeness (QED) is 0.184. The van der Waals surface area contributed by atoms with Gasteiger partial charge in [-0.3, -0.25) is 10.1 Å². The summed E-state index contributed by atoms with van der Waals surface area (Å²) in [7, 11) is 0. The number of hydrogen-bond acceptors (Lipinski definition) is 10. The number of nitro groups is 1. The van der Waals surface area contributed by atoms with Crippen LogP contribution in [0.3, 0.4) is 0 Å². The first-order valence-electron chi connectivity index (χ1n) is 9.11. The number of phenols is 1. The van der Waals surface area contributed by atoms with Crippen LogP contribution in [-0.2, 0) is 11.3 Å². The van der Waals surface area contributed by atoms with Crippen molar-refractivity contribution in [2.24, 2.45) is 0 Å². The van der Waals surface area contributed by atoms with E-state index < -0.39 is 16.5 Å². The highest BCUT2D eigenvalue weighted by molar-refractivity contribution is 8.01. The van der Waals surface area contributed by atoms with Crippen molar-refractivity contribution >= 4 is 45.7 Å². The Morgan fingerprint density at radius 3 is 2.81 bits per heavy atom. The van der Waals surface area contributed by atoms with Crippen molar-refractivity contribution in [1.29, 1.82) is 0 Å². The number of rotatable bonds is 6. The molecule has 11 heteroatoms. The number of fused-ring (bicyclic) bond motifs is 1.